The minimum absolute atomic E-state index is 0.176. The van der Waals surface area contributed by atoms with Crippen LogP contribution in [0.1, 0.15) is 0 Å². The molecule has 6 heavy (non-hydrogen) atoms. The second-order valence-electron chi connectivity index (χ2n) is 0.827. The van der Waals surface area contributed by atoms with Gasteiger partial charge in [0.15, 0.2) is 0 Å². The lowest BCUT2D eigenvalue weighted by Gasteiger charge is -1.86. The van der Waals surface area contributed by atoms with Crippen LogP contribution in [0.15, 0.2) is 12.3 Å². The molecule has 0 unspecified atom stereocenters. The summed E-state index contributed by atoms with van der Waals surface area (Å²) in [5, 5.41) is 9.60. The molecule has 0 aliphatic heterocycles. The maximum atomic E-state index is 9.60. The Kier molecular flexibility index (Phi) is 2.33. The standard InChI is InChI=1S/C4H6O2/c1-4(3-5)6-2/h1-3H2. The average Bonchev–Trinajstić information content (AvgIpc) is 1.65. The predicted molar refractivity (Wildman–Crippen MR) is 21.1 cm³/mol. The first kappa shape index (κ1) is 5.37. The molecule has 0 heterocycles. The monoisotopic (exact) mass is 86.0 g/mol. The van der Waals surface area contributed by atoms with Crippen molar-refractivity contribution in [1.82, 2.24) is 0 Å². The van der Waals surface area contributed by atoms with Gasteiger partial charge in [-0.3, -0.25) is 0 Å². The van der Waals surface area contributed by atoms with E-state index in [2.05, 4.69) is 17.8 Å². The summed E-state index contributed by atoms with van der Waals surface area (Å²) in [6, 6.07) is 0. The Morgan fingerprint density at radius 3 is 2.33 bits per heavy atom. The third kappa shape index (κ3) is 1.67. The molecule has 34 valence electrons. The summed E-state index contributed by atoms with van der Waals surface area (Å²) < 4.78 is 4.14. The van der Waals surface area contributed by atoms with Gasteiger partial charge in [0.25, 0.3) is 6.79 Å². The molecule has 0 amide bonds. The maximum absolute atomic E-state index is 9.60. The highest BCUT2D eigenvalue weighted by Crippen LogP contribution is 1.72. The lowest BCUT2D eigenvalue weighted by molar-refractivity contribution is -0.448. The van der Waals surface area contributed by atoms with Crippen LogP contribution in [0.5, 0.6) is 0 Å². The van der Waals surface area contributed by atoms with Crippen molar-refractivity contribution in [2.24, 2.45) is 0 Å². The molecule has 0 bridgehead atoms. The minimum Gasteiger partial charge on any atom is -0.845 e. The zero-order chi connectivity index (χ0) is 4.99. The van der Waals surface area contributed by atoms with Crippen LogP contribution in [-0.2, 0) is 4.42 Å². The van der Waals surface area contributed by atoms with E-state index in [1.54, 1.807) is 0 Å². The quantitative estimate of drug-likeness (QED) is 0.321. The van der Waals surface area contributed by atoms with E-state index < -0.39 is 6.61 Å². The molecule has 0 fully saturated rings. The highest BCUT2D eigenvalue weighted by atomic mass is 16.4. The van der Waals surface area contributed by atoms with Crippen LogP contribution < -0.4 is 5.11 Å². The second-order valence-corrected chi connectivity index (χ2v) is 0.827. The van der Waals surface area contributed by atoms with Crippen LogP contribution in [0, 0.1) is 0 Å². The van der Waals surface area contributed by atoms with Crippen LogP contribution in [0.4, 0.5) is 0 Å². The molecule has 2 nitrogen and oxygen atoms in total. The van der Waals surface area contributed by atoms with E-state index in [1.807, 2.05) is 0 Å². The number of carbonyl (C=O) groups excluding carboxylic acids is 1. The first-order valence-electron chi connectivity index (χ1n) is 1.49. The van der Waals surface area contributed by atoms with Crippen LogP contribution >= 0.6 is 0 Å². The summed E-state index contributed by atoms with van der Waals surface area (Å²) in [7, 11) is 0. The van der Waals surface area contributed by atoms with Crippen molar-refractivity contribution in [1.29, 1.82) is 0 Å². The largest absolute Gasteiger partial charge is 0.845 e. The molecule has 2 heteroatoms. The van der Waals surface area contributed by atoms with Crippen molar-refractivity contribution in [3.05, 3.63) is 12.3 Å². The summed E-state index contributed by atoms with van der Waals surface area (Å²) in [6.45, 7) is 5.75. The van der Waals surface area contributed by atoms with Gasteiger partial charge in [-0.15, -0.1) is 0 Å². The highest BCUT2D eigenvalue weighted by molar-refractivity contribution is 5.13. The Balaban J connectivity index is 3.23. The van der Waals surface area contributed by atoms with E-state index in [9.17, 15) is 5.11 Å². The molecule has 0 rings (SSSR count). The van der Waals surface area contributed by atoms with Crippen molar-refractivity contribution in [3.63, 3.8) is 0 Å². The molecular formula is C4H6O2. The molecule has 0 radical (unpaired) electrons. The van der Waals surface area contributed by atoms with Crippen LogP contribution in [0.3, 0.4) is 0 Å². The first-order chi connectivity index (χ1) is 2.81. The summed E-state index contributed by atoms with van der Waals surface area (Å²) in [6.07, 6.45) is 0. The molecule has 0 spiro atoms. The summed E-state index contributed by atoms with van der Waals surface area (Å²) in [5.41, 5.74) is 0. The Morgan fingerprint density at radius 2 is 2.33 bits per heavy atom. The van der Waals surface area contributed by atoms with Crippen molar-refractivity contribution in [3.8, 4) is 0 Å². The van der Waals surface area contributed by atoms with E-state index in [-0.39, 0.29) is 5.76 Å². The van der Waals surface area contributed by atoms with Gasteiger partial charge in [0.1, 0.15) is 0 Å². The predicted octanol–water partition coefficient (Wildman–Crippen LogP) is -0.775. The van der Waals surface area contributed by atoms with Gasteiger partial charge in [0.2, 0.25) is 0 Å². The molecule has 0 N–H and O–H groups in total. The fraction of sp³-hybridized carbons (Fsp3) is 0.250. The Hall–Kier alpha value is -0.630. The van der Waals surface area contributed by atoms with Crippen LogP contribution in [-0.4, -0.2) is 13.4 Å². The fourth-order valence-corrected chi connectivity index (χ4v) is 0.0417. The van der Waals surface area contributed by atoms with Gasteiger partial charge in [-0.25, -0.2) is 4.42 Å². The Labute approximate surface area is 36.4 Å². The maximum Gasteiger partial charge on any atom is 0.304 e. The van der Waals surface area contributed by atoms with E-state index in [0.29, 0.717) is 0 Å². The van der Waals surface area contributed by atoms with Crippen LogP contribution in [0.25, 0.3) is 0 Å². The minimum atomic E-state index is -0.399. The normalized spacial score (nSPS) is 7.50. The zero-order valence-corrected chi connectivity index (χ0v) is 3.44. The van der Waals surface area contributed by atoms with E-state index >= 15 is 0 Å². The molecular weight excluding hydrogens is 80.0 g/mol. The lowest BCUT2D eigenvalue weighted by Crippen LogP contribution is -2.07. The third-order valence-corrected chi connectivity index (χ3v) is 0.365. The second kappa shape index (κ2) is 2.60. The summed E-state index contributed by atoms with van der Waals surface area (Å²) in [4.78, 5) is 0. The highest BCUT2D eigenvalue weighted by Gasteiger charge is 1.83. The molecule has 0 aromatic carbocycles. The van der Waals surface area contributed by atoms with Crippen LogP contribution in [0.2, 0.25) is 0 Å². The smallest absolute Gasteiger partial charge is 0.304 e. The average molecular weight is 86.1 g/mol. The lowest BCUT2D eigenvalue weighted by atomic mass is 10.6. The topological polar surface area (TPSA) is 34.4 Å². The molecule has 0 saturated carbocycles. The van der Waals surface area contributed by atoms with Gasteiger partial charge in [0, 0.05) is 6.58 Å². The number of hydrogen-bond donors (Lipinski definition) is 0. The van der Waals surface area contributed by atoms with Crippen molar-refractivity contribution < 1.29 is 9.53 Å². The SMILES string of the molecule is C=[O+]C(=C)C[O-]. The van der Waals surface area contributed by atoms with Gasteiger partial charge in [0.05, 0.1) is 0 Å². The van der Waals surface area contributed by atoms with Crippen molar-refractivity contribution in [2.75, 3.05) is 6.61 Å². The van der Waals surface area contributed by atoms with Gasteiger partial charge in [-0.05, 0) is 6.61 Å². The van der Waals surface area contributed by atoms with Crippen molar-refractivity contribution >= 4 is 6.79 Å². The van der Waals surface area contributed by atoms with Crippen molar-refractivity contribution in [2.45, 2.75) is 0 Å². The fourth-order valence-electron chi connectivity index (χ4n) is 0.0417. The van der Waals surface area contributed by atoms with Gasteiger partial charge in [-0.2, -0.15) is 0 Å². The summed E-state index contributed by atoms with van der Waals surface area (Å²) >= 11 is 0. The molecule has 0 aromatic rings. The molecule has 0 saturated heterocycles. The van der Waals surface area contributed by atoms with Gasteiger partial charge >= 0.3 is 5.76 Å². The molecule has 0 aliphatic rings. The van der Waals surface area contributed by atoms with E-state index in [4.69, 9.17) is 0 Å². The Morgan fingerprint density at radius 1 is 1.83 bits per heavy atom. The summed E-state index contributed by atoms with van der Waals surface area (Å²) in [5.74, 6) is 0.176. The first-order valence-corrected chi connectivity index (χ1v) is 1.49. The Bertz CT molecular complexity index is 65.9. The van der Waals surface area contributed by atoms with Gasteiger partial charge in [-0.1, -0.05) is 0 Å². The van der Waals surface area contributed by atoms with E-state index in [0.717, 1.165) is 0 Å². The zero-order valence-electron chi connectivity index (χ0n) is 3.44. The third-order valence-electron chi connectivity index (χ3n) is 0.365. The number of hydrogen-bond acceptors (Lipinski definition) is 1. The molecule has 0 aliphatic carbocycles. The molecule has 0 aromatic heterocycles. The van der Waals surface area contributed by atoms with E-state index in [1.165, 1.54) is 0 Å². The number of rotatable bonds is 2. The molecule has 0 atom stereocenters. The van der Waals surface area contributed by atoms with Gasteiger partial charge < -0.3 is 5.11 Å².